The first-order chi connectivity index (χ1) is 17.6. The van der Waals surface area contributed by atoms with E-state index in [2.05, 4.69) is 5.32 Å². The van der Waals surface area contributed by atoms with Crippen LogP contribution in [0.1, 0.15) is 82.1 Å². The van der Waals surface area contributed by atoms with E-state index in [0.29, 0.717) is 23.7 Å². The summed E-state index contributed by atoms with van der Waals surface area (Å²) < 4.78 is 6.24. The second-order valence-electron chi connectivity index (χ2n) is 11.0. The molecule has 4 atom stereocenters. The maximum absolute atomic E-state index is 13.8. The van der Waals surface area contributed by atoms with Crippen LogP contribution in [0.3, 0.4) is 0 Å². The predicted molar refractivity (Wildman–Crippen MR) is 136 cm³/mol. The van der Waals surface area contributed by atoms with Crippen molar-refractivity contribution in [2.75, 3.05) is 13.2 Å². The lowest BCUT2D eigenvalue weighted by molar-refractivity contribution is -0.141. The Morgan fingerprint density at radius 3 is 2.50 bits per heavy atom. The van der Waals surface area contributed by atoms with E-state index in [-0.39, 0.29) is 31.0 Å². The fourth-order valence-corrected chi connectivity index (χ4v) is 6.89. The molecule has 5 rings (SSSR count). The number of fused-ring (bicyclic) bond motifs is 3. The number of carbonyl (C=O) groups is 2. The zero-order valence-electron chi connectivity index (χ0n) is 21.1. The molecule has 1 aromatic carbocycles. The molecule has 1 heterocycles. The highest BCUT2D eigenvalue weighted by Crippen LogP contribution is 2.47. The zero-order valence-corrected chi connectivity index (χ0v) is 21.1. The molecule has 0 saturated heterocycles. The Bertz CT molecular complexity index is 966. The summed E-state index contributed by atoms with van der Waals surface area (Å²) in [5.41, 5.74) is 1.39. The number of rotatable bonds is 8. The van der Waals surface area contributed by atoms with Crippen molar-refractivity contribution in [2.24, 2.45) is 5.92 Å². The molecule has 1 aromatic rings. The van der Waals surface area contributed by atoms with Crippen molar-refractivity contribution in [3.8, 4) is 5.75 Å². The molecule has 0 bridgehead atoms. The monoisotopic (exact) mass is 496 g/mol. The number of nitrogens with one attached hydrogen (secondary N) is 1. The van der Waals surface area contributed by atoms with Gasteiger partial charge in [-0.1, -0.05) is 63.1 Å². The molecule has 0 spiro atoms. The van der Waals surface area contributed by atoms with Gasteiger partial charge in [0.1, 0.15) is 18.0 Å². The maximum Gasteiger partial charge on any atom is 0.247 e. The van der Waals surface area contributed by atoms with Gasteiger partial charge in [-0.05, 0) is 37.3 Å². The minimum absolute atomic E-state index is 0.0628. The summed E-state index contributed by atoms with van der Waals surface area (Å²) in [6.07, 6.45) is 11.7. The summed E-state index contributed by atoms with van der Waals surface area (Å²) in [5, 5.41) is 23.8. The van der Waals surface area contributed by atoms with E-state index in [1.54, 1.807) is 0 Å². The number of hydrogen-bond acceptors (Lipinski definition) is 5. The highest BCUT2D eigenvalue weighted by molar-refractivity contribution is 5.96. The first-order valence-corrected chi connectivity index (χ1v) is 13.9. The van der Waals surface area contributed by atoms with E-state index in [0.717, 1.165) is 37.7 Å². The molecule has 1 aliphatic heterocycles. The van der Waals surface area contributed by atoms with Crippen LogP contribution in [-0.2, 0) is 9.59 Å². The lowest BCUT2D eigenvalue weighted by Gasteiger charge is -2.45. The van der Waals surface area contributed by atoms with E-state index >= 15 is 0 Å². The second-order valence-corrected chi connectivity index (χ2v) is 11.0. The van der Waals surface area contributed by atoms with Gasteiger partial charge in [0.2, 0.25) is 11.8 Å². The van der Waals surface area contributed by atoms with Crippen LogP contribution in [0.4, 0.5) is 0 Å². The molecule has 3 N–H and O–H groups in total. The number of amides is 2. The summed E-state index contributed by atoms with van der Waals surface area (Å²) in [5.74, 6) is 0.681. The summed E-state index contributed by atoms with van der Waals surface area (Å²) >= 11 is 0. The van der Waals surface area contributed by atoms with E-state index < -0.39 is 24.2 Å². The third-order valence-electron chi connectivity index (χ3n) is 8.70. The highest BCUT2D eigenvalue weighted by Gasteiger charge is 2.51. The van der Waals surface area contributed by atoms with Crippen molar-refractivity contribution in [3.05, 3.63) is 41.5 Å². The van der Waals surface area contributed by atoms with Gasteiger partial charge in [-0.3, -0.25) is 9.59 Å². The van der Waals surface area contributed by atoms with Gasteiger partial charge in [0, 0.05) is 30.1 Å². The van der Waals surface area contributed by atoms with Crippen LogP contribution in [0.5, 0.6) is 5.75 Å². The first kappa shape index (κ1) is 25.3. The molecule has 7 heteroatoms. The van der Waals surface area contributed by atoms with Gasteiger partial charge in [0.25, 0.3) is 0 Å². The van der Waals surface area contributed by atoms with E-state index in [9.17, 15) is 19.8 Å². The van der Waals surface area contributed by atoms with Gasteiger partial charge in [0.05, 0.1) is 18.6 Å². The Kier molecular flexibility index (Phi) is 7.96. The van der Waals surface area contributed by atoms with Crippen molar-refractivity contribution in [1.29, 1.82) is 0 Å². The predicted octanol–water partition coefficient (Wildman–Crippen LogP) is 3.44. The van der Waals surface area contributed by atoms with Crippen LogP contribution >= 0.6 is 0 Å². The number of aliphatic hydroxyl groups is 2. The second kappa shape index (κ2) is 11.3. The number of carbonyl (C=O) groups excluding carboxylic acids is 2. The zero-order chi connectivity index (χ0) is 25.1. The van der Waals surface area contributed by atoms with Gasteiger partial charge >= 0.3 is 0 Å². The normalized spacial score (nSPS) is 28.1. The lowest BCUT2D eigenvalue weighted by Crippen LogP contribution is -2.58. The van der Waals surface area contributed by atoms with Crippen molar-refractivity contribution >= 4 is 11.8 Å². The number of nitrogens with zero attached hydrogens (tertiary/aromatic N) is 1. The van der Waals surface area contributed by atoms with Crippen LogP contribution in [0, 0.1) is 5.92 Å². The third kappa shape index (κ3) is 5.05. The van der Waals surface area contributed by atoms with E-state index in [1.807, 2.05) is 35.2 Å². The van der Waals surface area contributed by atoms with Crippen LogP contribution < -0.4 is 10.1 Å². The molecule has 36 heavy (non-hydrogen) atoms. The summed E-state index contributed by atoms with van der Waals surface area (Å²) in [6.45, 7) is -0.00392. The fraction of sp³-hybridized carbons (Fsp3) is 0.655. The lowest BCUT2D eigenvalue weighted by atomic mass is 9.76. The molecular weight excluding hydrogens is 456 g/mol. The maximum atomic E-state index is 13.8. The molecule has 3 aliphatic carbocycles. The van der Waals surface area contributed by atoms with E-state index in [1.165, 1.54) is 32.1 Å². The Hall–Kier alpha value is -2.38. The SMILES string of the molecule is O=C(NCCO)C1=C[C@@H](N(C(=O)CCC2CCCC2)C2CCCCC2)[C@H](O)[C@H]2Oc3ccccc3[C@@H]12. The molecule has 0 radical (unpaired) electrons. The minimum Gasteiger partial charge on any atom is -0.486 e. The van der Waals surface area contributed by atoms with Gasteiger partial charge in [0.15, 0.2) is 0 Å². The summed E-state index contributed by atoms with van der Waals surface area (Å²) in [7, 11) is 0. The number of aliphatic hydroxyl groups excluding tert-OH is 2. The standard InChI is InChI=1S/C29H40N2O5/c32-17-16-30-29(35)22-18-23(27(34)28-26(22)21-12-6-7-13-24(21)36-28)31(20-10-2-1-3-11-20)25(33)15-14-19-8-4-5-9-19/h6-7,12-13,18-20,23,26-28,32,34H,1-5,8-11,14-17H2,(H,30,35)/t23-,26+,27+,28+/m1/s1. The van der Waals surface area contributed by atoms with Crippen LogP contribution in [0.25, 0.3) is 0 Å². The first-order valence-electron chi connectivity index (χ1n) is 13.9. The van der Waals surface area contributed by atoms with Gasteiger partial charge in [-0.2, -0.15) is 0 Å². The number of para-hydroxylation sites is 1. The van der Waals surface area contributed by atoms with Crippen LogP contribution in [0.15, 0.2) is 35.9 Å². The molecule has 0 aromatic heterocycles. The van der Waals surface area contributed by atoms with Crippen molar-refractivity contribution < 1.29 is 24.5 Å². The molecule has 4 aliphatic rings. The molecular formula is C29H40N2O5. The molecule has 2 fully saturated rings. The highest BCUT2D eigenvalue weighted by atomic mass is 16.5. The third-order valence-corrected chi connectivity index (χ3v) is 8.70. The van der Waals surface area contributed by atoms with E-state index in [4.69, 9.17) is 4.74 Å². The Morgan fingerprint density at radius 1 is 1.03 bits per heavy atom. The quantitative estimate of drug-likeness (QED) is 0.512. The number of ether oxygens (including phenoxy) is 1. The van der Waals surface area contributed by atoms with Crippen molar-refractivity contribution in [2.45, 2.75) is 101 Å². The molecule has 2 saturated carbocycles. The Balaban J connectivity index is 1.47. The topological polar surface area (TPSA) is 99.1 Å². The van der Waals surface area contributed by atoms with Crippen molar-refractivity contribution in [1.82, 2.24) is 10.2 Å². The van der Waals surface area contributed by atoms with Gasteiger partial charge in [-0.25, -0.2) is 0 Å². The van der Waals surface area contributed by atoms with Gasteiger partial charge < -0.3 is 25.2 Å². The average Bonchev–Trinajstić information content (AvgIpc) is 3.56. The molecule has 0 unspecified atom stereocenters. The van der Waals surface area contributed by atoms with Crippen molar-refractivity contribution in [3.63, 3.8) is 0 Å². The van der Waals surface area contributed by atoms with Crippen LogP contribution in [-0.4, -0.2) is 64.4 Å². The summed E-state index contributed by atoms with van der Waals surface area (Å²) in [6, 6.07) is 7.04. The minimum atomic E-state index is -0.936. The molecule has 196 valence electrons. The fourth-order valence-electron chi connectivity index (χ4n) is 6.89. The smallest absolute Gasteiger partial charge is 0.247 e. The average molecular weight is 497 g/mol. The van der Waals surface area contributed by atoms with Crippen LogP contribution in [0.2, 0.25) is 0 Å². The Morgan fingerprint density at radius 2 is 1.75 bits per heavy atom. The summed E-state index contributed by atoms with van der Waals surface area (Å²) in [4.78, 5) is 29.0. The number of benzene rings is 1. The number of hydrogen-bond donors (Lipinski definition) is 3. The van der Waals surface area contributed by atoms with Gasteiger partial charge in [-0.15, -0.1) is 0 Å². The largest absolute Gasteiger partial charge is 0.486 e. The Labute approximate surface area is 213 Å². The molecule has 2 amide bonds. The molecule has 7 nitrogen and oxygen atoms in total.